The van der Waals surface area contributed by atoms with E-state index in [4.69, 9.17) is 0 Å². The summed E-state index contributed by atoms with van der Waals surface area (Å²) >= 11 is 0. The van der Waals surface area contributed by atoms with Crippen LogP contribution in [0.15, 0.2) is 41.7 Å². The fraction of sp³-hybridized carbons (Fsp3) is 0.333. The first-order valence-corrected chi connectivity index (χ1v) is 8.01. The van der Waals surface area contributed by atoms with Gasteiger partial charge in [-0.2, -0.15) is 13.2 Å². The van der Waals surface area contributed by atoms with Gasteiger partial charge in [0.1, 0.15) is 5.82 Å². The number of nitrogens with one attached hydrogen (secondary N) is 2. The molecule has 2 N–H and O–H groups in total. The first-order valence-electron chi connectivity index (χ1n) is 8.01. The van der Waals surface area contributed by atoms with Crippen LogP contribution in [0.25, 0.3) is 0 Å². The number of aliphatic imine (C=N–C) groups is 1. The standard InChI is InChI=1S/C18H20F4N4.HI/c1-12-10-24-7-5-13(12)6-8-25-17(23-2)26-11-14-3-4-15(19)9-16(14)18(20,21)22;/h3-5,7,9-10H,6,8,11H2,1-2H3,(H2,23,25,26);1H. The number of hydrogen-bond acceptors (Lipinski definition) is 2. The Morgan fingerprint density at radius 2 is 1.89 bits per heavy atom. The number of benzene rings is 1. The van der Waals surface area contributed by atoms with E-state index in [1.165, 1.54) is 7.05 Å². The van der Waals surface area contributed by atoms with Crippen molar-refractivity contribution in [1.82, 2.24) is 15.6 Å². The van der Waals surface area contributed by atoms with Crippen molar-refractivity contribution in [2.75, 3.05) is 13.6 Å². The number of pyridine rings is 1. The van der Waals surface area contributed by atoms with Crippen LogP contribution < -0.4 is 10.6 Å². The van der Waals surface area contributed by atoms with Crippen LogP contribution in [0.1, 0.15) is 22.3 Å². The molecule has 0 aliphatic rings. The molecular weight excluding hydrogens is 475 g/mol. The van der Waals surface area contributed by atoms with Crippen molar-refractivity contribution in [3.63, 3.8) is 0 Å². The van der Waals surface area contributed by atoms with Crippen LogP contribution in [0.5, 0.6) is 0 Å². The highest BCUT2D eigenvalue weighted by molar-refractivity contribution is 14.0. The lowest BCUT2D eigenvalue weighted by atomic mass is 10.1. The Bertz CT molecular complexity index is 778. The first kappa shape index (κ1) is 23.1. The number of aromatic nitrogens is 1. The molecule has 27 heavy (non-hydrogen) atoms. The summed E-state index contributed by atoms with van der Waals surface area (Å²) in [7, 11) is 1.53. The van der Waals surface area contributed by atoms with E-state index in [1.54, 1.807) is 12.4 Å². The fourth-order valence-electron chi connectivity index (χ4n) is 2.46. The quantitative estimate of drug-likeness (QED) is 0.284. The Kier molecular flexibility index (Phi) is 8.94. The molecule has 0 amide bonds. The lowest BCUT2D eigenvalue weighted by molar-refractivity contribution is -0.138. The third-order valence-electron chi connectivity index (χ3n) is 3.87. The first-order chi connectivity index (χ1) is 12.3. The Morgan fingerprint density at radius 1 is 1.15 bits per heavy atom. The van der Waals surface area contributed by atoms with Gasteiger partial charge in [-0.3, -0.25) is 9.98 Å². The molecule has 1 heterocycles. The molecule has 2 aromatic rings. The number of alkyl halides is 3. The molecule has 1 aromatic heterocycles. The van der Waals surface area contributed by atoms with Crippen LogP contribution in [0.3, 0.4) is 0 Å². The molecule has 0 spiro atoms. The summed E-state index contributed by atoms with van der Waals surface area (Å²) < 4.78 is 52.2. The molecule has 0 aliphatic heterocycles. The van der Waals surface area contributed by atoms with Gasteiger partial charge in [0.25, 0.3) is 0 Å². The molecular formula is C18H21F4IN4. The maximum atomic E-state index is 13.1. The molecule has 0 bridgehead atoms. The Balaban J connectivity index is 0.00000364. The van der Waals surface area contributed by atoms with E-state index < -0.39 is 17.6 Å². The molecule has 0 saturated carbocycles. The summed E-state index contributed by atoms with van der Waals surface area (Å²) in [5.74, 6) is -0.550. The second kappa shape index (κ2) is 10.4. The third kappa shape index (κ3) is 6.96. The molecule has 0 unspecified atom stereocenters. The SMILES string of the molecule is CN=C(NCCc1ccncc1C)NCc1ccc(F)cc1C(F)(F)F.I. The van der Waals surface area contributed by atoms with E-state index in [2.05, 4.69) is 20.6 Å². The smallest absolute Gasteiger partial charge is 0.356 e. The van der Waals surface area contributed by atoms with Crippen molar-refractivity contribution >= 4 is 29.9 Å². The number of halogens is 5. The predicted octanol–water partition coefficient (Wildman–Crippen LogP) is 4.07. The van der Waals surface area contributed by atoms with E-state index in [0.29, 0.717) is 18.6 Å². The maximum absolute atomic E-state index is 13.1. The number of rotatable bonds is 5. The van der Waals surface area contributed by atoms with Gasteiger partial charge in [0.15, 0.2) is 5.96 Å². The molecule has 0 fully saturated rings. The highest BCUT2D eigenvalue weighted by atomic mass is 127. The van der Waals surface area contributed by atoms with Crippen LogP contribution >= 0.6 is 24.0 Å². The summed E-state index contributed by atoms with van der Waals surface area (Å²) in [6.07, 6.45) is -0.410. The lowest BCUT2D eigenvalue weighted by Crippen LogP contribution is -2.38. The zero-order valence-corrected chi connectivity index (χ0v) is 17.2. The van der Waals surface area contributed by atoms with E-state index >= 15 is 0 Å². The van der Waals surface area contributed by atoms with Crippen LogP contribution in [-0.4, -0.2) is 24.5 Å². The Hall–Kier alpha value is -1.91. The second-order valence-corrected chi connectivity index (χ2v) is 5.70. The molecule has 9 heteroatoms. The maximum Gasteiger partial charge on any atom is 0.416 e. The van der Waals surface area contributed by atoms with Gasteiger partial charge in [0.05, 0.1) is 5.56 Å². The average Bonchev–Trinajstić information content (AvgIpc) is 2.59. The highest BCUT2D eigenvalue weighted by Gasteiger charge is 2.33. The van der Waals surface area contributed by atoms with Gasteiger partial charge in [-0.15, -0.1) is 24.0 Å². The second-order valence-electron chi connectivity index (χ2n) is 5.70. The fourth-order valence-corrected chi connectivity index (χ4v) is 2.46. The molecule has 1 aromatic carbocycles. The van der Waals surface area contributed by atoms with Crippen molar-refractivity contribution in [1.29, 1.82) is 0 Å². The van der Waals surface area contributed by atoms with Gasteiger partial charge in [-0.1, -0.05) is 6.07 Å². The highest BCUT2D eigenvalue weighted by Crippen LogP contribution is 2.32. The third-order valence-corrected chi connectivity index (χ3v) is 3.87. The van der Waals surface area contributed by atoms with E-state index in [-0.39, 0.29) is 36.1 Å². The van der Waals surface area contributed by atoms with Crippen LogP contribution in [0, 0.1) is 12.7 Å². The summed E-state index contributed by atoms with van der Waals surface area (Å²) in [6, 6.07) is 4.55. The average molecular weight is 496 g/mol. The van der Waals surface area contributed by atoms with Crippen molar-refractivity contribution in [3.8, 4) is 0 Å². The minimum atomic E-state index is -4.62. The monoisotopic (exact) mass is 496 g/mol. The van der Waals surface area contributed by atoms with Crippen LogP contribution in [0.2, 0.25) is 0 Å². The Labute approximate surface area is 172 Å². The van der Waals surface area contributed by atoms with Crippen molar-refractivity contribution in [2.45, 2.75) is 26.1 Å². The molecule has 148 valence electrons. The molecule has 2 rings (SSSR count). The van der Waals surface area contributed by atoms with Crippen LogP contribution in [-0.2, 0) is 19.1 Å². The van der Waals surface area contributed by atoms with Gasteiger partial charge in [0, 0.05) is 32.5 Å². The van der Waals surface area contributed by atoms with Gasteiger partial charge >= 0.3 is 6.18 Å². The van der Waals surface area contributed by atoms with Crippen molar-refractivity contribution < 1.29 is 17.6 Å². The van der Waals surface area contributed by atoms with Gasteiger partial charge in [-0.05, 0) is 48.2 Å². The van der Waals surface area contributed by atoms with Crippen LogP contribution in [0.4, 0.5) is 17.6 Å². The normalized spacial score (nSPS) is 11.7. The topological polar surface area (TPSA) is 49.3 Å². The van der Waals surface area contributed by atoms with E-state index in [1.807, 2.05) is 13.0 Å². The Morgan fingerprint density at radius 3 is 2.52 bits per heavy atom. The van der Waals surface area contributed by atoms with Gasteiger partial charge in [0.2, 0.25) is 0 Å². The minimum absolute atomic E-state index is 0. The zero-order chi connectivity index (χ0) is 19.2. The minimum Gasteiger partial charge on any atom is -0.356 e. The molecule has 0 radical (unpaired) electrons. The van der Waals surface area contributed by atoms with Gasteiger partial charge < -0.3 is 10.6 Å². The number of hydrogen-bond donors (Lipinski definition) is 2. The van der Waals surface area contributed by atoms with E-state index in [0.717, 1.165) is 29.7 Å². The lowest BCUT2D eigenvalue weighted by Gasteiger charge is -2.16. The predicted molar refractivity (Wildman–Crippen MR) is 108 cm³/mol. The summed E-state index contributed by atoms with van der Waals surface area (Å²) in [4.78, 5) is 8.02. The largest absolute Gasteiger partial charge is 0.416 e. The number of nitrogens with zero attached hydrogens (tertiary/aromatic N) is 2. The summed E-state index contributed by atoms with van der Waals surface area (Å²) in [5.41, 5.74) is 1.15. The summed E-state index contributed by atoms with van der Waals surface area (Å²) in [6.45, 7) is 2.39. The number of guanidine groups is 1. The van der Waals surface area contributed by atoms with Crippen molar-refractivity contribution in [3.05, 3.63) is 64.7 Å². The molecule has 0 atom stereocenters. The molecule has 4 nitrogen and oxygen atoms in total. The summed E-state index contributed by atoms with van der Waals surface area (Å²) in [5, 5.41) is 5.87. The van der Waals surface area contributed by atoms with Gasteiger partial charge in [-0.25, -0.2) is 4.39 Å². The van der Waals surface area contributed by atoms with Crippen molar-refractivity contribution in [2.24, 2.45) is 4.99 Å². The number of aryl methyl sites for hydroxylation is 1. The molecule has 0 aliphatic carbocycles. The molecule has 0 saturated heterocycles. The zero-order valence-electron chi connectivity index (χ0n) is 14.9. The van der Waals surface area contributed by atoms with E-state index in [9.17, 15) is 17.6 Å².